The van der Waals surface area contributed by atoms with Gasteiger partial charge >= 0.3 is 0 Å². The molecule has 0 N–H and O–H groups in total. The molecule has 1 atom stereocenters. The maximum Gasteiger partial charge on any atom is 0.263 e. The third-order valence-electron chi connectivity index (χ3n) is 5.81. The molecule has 9 heteroatoms. The summed E-state index contributed by atoms with van der Waals surface area (Å²) in [5, 5.41) is -0.492. The number of piperazine rings is 1. The number of hydrogen-bond acceptors (Lipinski definition) is 5. The van der Waals surface area contributed by atoms with Crippen molar-refractivity contribution in [1.29, 1.82) is 0 Å². The van der Waals surface area contributed by atoms with Crippen molar-refractivity contribution in [3.63, 3.8) is 0 Å². The number of rotatable bonds is 5. The monoisotopic (exact) mass is 425 g/mol. The van der Waals surface area contributed by atoms with E-state index in [9.17, 15) is 18.0 Å². The highest BCUT2D eigenvalue weighted by Gasteiger charge is 2.32. The lowest BCUT2D eigenvalue weighted by atomic mass is 10.1. The van der Waals surface area contributed by atoms with Crippen molar-refractivity contribution in [2.75, 3.05) is 32.8 Å². The van der Waals surface area contributed by atoms with Crippen molar-refractivity contribution in [2.24, 2.45) is 0 Å². The molecule has 162 valence electrons. The minimum Gasteiger partial charge on any atom is -0.376 e. The van der Waals surface area contributed by atoms with Crippen molar-refractivity contribution in [1.82, 2.24) is 13.8 Å². The topological polar surface area (TPSA) is 88.9 Å². The van der Waals surface area contributed by atoms with Gasteiger partial charge in [0.1, 0.15) is 5.56 Å². The molecular formula is C20H31N3O5S. The van der Waals surface area contributed by atoms with E-state index in [1.54, 1.807) is 30.2 Å². The van der Waals surface area contributed by atoms with Gasteiger partial charge in [0, 0.05) is 38.5 Å². The Kier molecular flexibility index (Phi) is 6.50. The Bertz CT molecular complexity index is 924. The molecule has 2 aliphatic heterocycles. The van der Waals surface area contributed by atoms with E-state index in [1.807, 2.05) is 13.0 Å². The average molecular weight is 426 g/mol. The van der Waals surface area contributed by atoms with E-state index >= 15 is 0 Å². The van der Waals surface area contributed by atoms with Crippen LogP contribution in [0.15, 0.2) is 10.9 Å². The summed E-state index contributed by atoms with van der Waals surface area (Å²) in [6.45, 7) is 9.17. The Labute approximate surface area is 172 Å². The number of carbonyl (C=O) groups excluding carboxylic acids is 1. The van der Waals surface area contributed by atoms with E-state index in [-0.39, 0.29) is 49.3 Å². The van der Waals surface area contributed by atoms with Crippen LogP contribution in [0.4, 0.5) is 0 Å². The summed E-state index contributed by atoms with van der Waals surface area (Å²) in [7, 11) is -3.34. The number of amides is 1. The fraction of sp³-hybridized carbons (Fsp3) is 0.700. The van der Waals surface area contributed by atoms with Gasteiger partial charge in [0.25, 0.3) is 11.5 Å². The lowest BCUT2D eigenvalue weighted by Crippen LogP contribution is -2.52. The van der Waals surface area contributed by atoms with E-state index < -0.39 is 15.3 Å². The second kappa shape index (κ2) is 8.57. The van der Waals surface area contributed by atoms with Crippen LogP contribution in [-0.4, -0.2) is 72.2 Å². The van der Waals surface area contributed by atoms with Crippen molar-refractivity contribution < 1.29 is 17.9 Å². The molecule has 1 amide bonds. The molecule has 0 aliphatic carbocycles. The van der Waals surface area contributed by atoms with E-state index in [4.69, 9.17) is 4.74 Å². The number of carbonyl (C=O) groups is 1. The molecule has 2 fully saturated rings. The second-order valence-corrected chi connectivity index (χ2v) is 10.7. The number of pyridine rings is 1. The van der Waals surface area contributed by atoms with Gasteiger partial charge < -0.3 is 14.2 Å². The number of nitrogens with zero attached hydrogens (tertiary/aromatic N) is 3. The summed E-state index contributed by atoms with van der Waals surface area (Å²) in [6, 6.07) is 1.86. The Hall–Kier alpha value is -1.71. The predicted octanol–water partition coefficient (Wildman–Crippen LogP) is 1.14. The molecule has 8 nitrogen and oxygen atoms in total. The Morgan fingerprint density at radius 2 is 1.86 bits per heavy atom. The van der Waals surface area contributed by atoms with Crippen LogP contribution in [0.1, 0.15) is 48.3 Å². The average Bonchev–Trinajstić information content (AvgIpc) is 3.18. The zero-order chi connectivity index (χ0) is 21.3. The third kappa shape index (κ3) is 4.41. The normalized spacial score (nSPS) is 21.1. The van der Waals surface area contributed by atoms with Crippen LogP contribution in [0.5, 0.6) is 0 Å². The van der Waals surface area contributed by atoms with Crippen LogP contribution in [0.25, 0.3) is 0 Å². The first-order chi connectivity index (χ1) is 13.6. The molecular weight excluding hydrogens is 394 g/mol. The van der Waals surface area contributed by atoms with Crippen LogP contribution in [0.3, 0.4) is 0 Å². The lowest BCUT2D eigenvalue weighted by molar-refractivity contribution is 0.0691. The zero-order valence-electron chi connectivity index (χ0n) is 17.7. The molecule has 1 aromatic heterocycles. The van der Waals surface area contributed by atoms with Crippen molar-refractivity contribution in [2.45, 2.75) is 58.4 Å². The molecule has 1 unspecified atom stereocenters. The summed E-state index contributed by atoms with van der Waals surface area (Å²) >= 11 is 0. The summed E-state index contributed by atoms with van der Waals surface area (Å²) in [4.78, 5) is 27.9. The first-order valence-corrected chi connectivity index (χ1v) is 11.7. The van der Waals surface area contributed by atoms with Crippen LogP contribution < -0.4 is 5.56 Å². The van der Waals surface area contributed by atoms with E-state index in [0.29, 0.717) is 18.7 Å². The van der Waals surface area contributed by atoms with Gasteiger partial charge in [-0.25, -0.2) is 8.42 Å². The third-order valence-corrected chi connectivity index (χ3v) is 8.09. The standard InChI is InChI=1S/C20H31N3O5S/c1-14(2)29(26,27)22-9-7-21(8-10-22)19(24)18-15(3)12-16(4)23(20(18)25)13-17-6-5-11-28-17/h12,14,17H,5-11,13H2,1-4H3. The minimum absolute atomic E-state index is 0.00171. The highest BCUT2D eigenvalue weighted by molar-refractivity contribution is 7.89. The first kappa shape index (κ1) is 22.0. The van der Waals surface area contributed by atoms with Crippen LogP contribution >= 0.6 is 0 Å². The largest absolute Gasteiger partial charge is 0.376 e. The second-order valence-electron chi connectivity index (χ2n) is 8.18. The fourth-order valence-electron chi connectivity index (χ4n) is 4.01. The number of hydrogen-bond donors (Lipinski definition) is 0. The Morgan fingerprint density at radius 3 is 2.41 bits per heavy atom. The fourth-order valence-corrected chi connectivity index (χ4v) is 5.28. The highest BCUT2D eigenvalue weighted by atomic mass is 32.2. The van der Waals surface area contributed by atoms with E-state index in [1.165, 1.54) is 4.31 Å². The van der Waals surface area contributed by atoms with Gasteiger partial charge in [0.2, 0.25) is 10.0 Å². The van der Waals surface area contributed by atoms with E-state index in [0.717, 1.165) is 18.5 Å². The van der Waals surface area contributed by atoms with Gasteiger partial charge in [-0.15, -0.1) is 0 Å². The van der Waals surface area contributed by atoms with Crippen molar-refractivity contribution in [3.8, 4) is 0 Å². The van der Waals surface area contributed by atoms with Crippen LogP contribution in [0.2, 0.25) is 0 Å². The predicted molar refractivity (Wildman–Crippen MR) is 111 cm³/mol. The molecule has 0 spiro atoms. The number of aryl methyl sites for hydroxylation is 2. The molecule has 3 heterocycles. The number of sulfonamides is 1. The van der Waals surface area contributed by atoms with Crippen molar-refractivity contribution >= 4 is 15.9 Å². The molecule has 0 radical (unpaired) electrons. The van der Waals surface area contributed by atoms with Gasteiger partial charge in [-0.1, -0.05) is 0 Å². The number of aromatic nitrogens is 1. The summed E-state index contributed by atoms with van der Waals surface area (Å²) in [5.74, 6) is -0.324. The summed E-state index contributed by atoms with van der Waals surface area (Å²) in [6.07, 6.45) is 1.90. The molecule has 2 saturated heterocycles. The quantitative estimate of drug-likeness (QED) is 0.706. The molecule has 2 aliphatic rings. The van der Waals surface area contributed by atoms with Crippen LogP contribution in [0, 0.1) is 13.8 Å². The molecule has 0 aromatic carbocycles. The molecule has 0 saturated carbocycles. The van der Waals surface area contributed by atoms with Crippen molar-refractivity contribution in [3.05, 3.63) is 33.2 Å². The zero-order valence-corrected chi connectivity index (χ0v) is 18.5. The Morgan fingerprint density at radius 1 is 1.21 bits per heavy atom. The maximum atomic E-state index is 13.1. The first-order valence-electron chi connectivity index (χ1n) is 10.2. The summed E-state index contributed by atoms with van der Waals surface area (Å²) < 4.78 is 33.4. The van der Waals surface area contributed by atoms with Gasteiger partial charge in [-0.3, -0.25) is 9.59 Å². The van der Waals surface area contributed by atoms with Gasteiger partial charge in [-0.05, 0) is 52.2 Å². The summed E-state index contributed by atoms with van der Waals surface area (Å²) in [5.41, 5.74) is 1.35. The lowest BCUT2D eigenvalue weighted by Gasteiger charge is -2.35. The minimum atomic E-state index is -3.34. The Balaban J connectivity index is 1.80. The molecule has 3 rings (SSSR count). The molecule has 0 bridgehead atoms. The van der Waals surface area contributed by atoms with Gasteiger partial charge in [-0.2, -0.15) is 4.31 Å². The highest BCUT2D eigenvalue weighted by Crippen LogP contribution is 2.18. The molecule has 1 aromatic rings. The van der Waals surface area contributed by atoms with Gasteiger partial charge in [0.15, 0.2) is 0 Å². The number of ether oxygens (including phenoxy) is 1. The van der Waals surface area contributed by atoms with Crippen LogP contribution in [-0.2, 0) is 21.3 Å². The van der Waals surface area contributed by atoms with Gasteiger partial charge in [0.05, 0.1) is 17.9 Å². The molecule has 29 heavy (non-hydrogen) atoms. The maximum absolute atomic E-state index is 13.1. The smallest absolute Gasteiger partial charge is 0.263 e. The van der Waals surface area contributed by atoms with E-state index in [2.05, 4.69) is 0 Å². The SMILES string of the molecule is Cc1cc(C)n(CC2CCCO2)c(=O)c1C(=O)N1CCN(S(=O)(=O)C(C)C)CC1.